The zero-order valence-corrected chi connectivity index (χ0v) is 10.1. The normalized spacial score (nSPS) is 10.8. The lowest BCUT2D eigenvalue weighted by Crippen LogP contribution is -1.76. The number of nitrogens with one attached hydrogen (secondary N) is 1. The lowest BCUT2D eigenvalue weighted by atomic mass is 10.2. The highest BCUT2D eigenvalue weighted by Gasteiger charge is 2.07. The largest absolute Gasteiger partial charge is 0.508 e. The fraction of sp³-hybridized carbons (Fsp3) is 0. The number of aromatic hydroxyl groups is 1. The predicted octanol–water partition coefficient (Wildman–Crippen LogP) is 2.48. The number of H-pyrrole nitrogens is 1. The fourth-order valence-electron chi connectivity index (χ4n) is 1.05. The van der Waals surface area contributed by atoms with E-state index in [2.05, 4.69) is 55.4 Å². The van der Waals surface area contributed by atoms with Gasteiger partial charge in [-0.3, -0.25) is 5.10 Å². The number of fused-ring (bicyclic) bond motifs is 1. The molecule has 62 valence electrons. The second kappa shape index (κ2) is 3.02. The Morgan fingerprint density at radius 3 is 2.83 bits per heavy atom. The van der Waals surface area contributed by atoms with Crippen LogP contribution in [0.5, 0.6) is 5.75 Å². The molecule has 12 heavy (non-hydrogen) atoms. The molecule has 0 aliphatic carbocycles. The van der Waals surface area contributed by atoms with Crippen molar-refractivity contribution in [1.29, 1.82) is 0 Å². The van der Waals surface area contributed by atoms with Gasteiger partial charge in [0.2, 0.25) is 0 Å². The van der Waals surface area contributed by atoms with Crippen molar-refractivity contribution in [1.82, 2.24) is 10.2 Å². The minimum atomic E-state index is 0.259. The number of phenols is 1. The van der Waals surface area contributed by atoms with Crippen LogP contribution in [0.4, 0.5) is 0 Å². The Labute approximate surface area is 95.8 Å². The maximum absolute atomic E-state index is 9.26. The van der Waals surface area contributed by atoms with Crippen LogP contribution in [0.25, 0.3) is 10.9 Å². The Morgan fingerprint density at radius 2 is 2.08 bits per heavy atom. The smallest absolute Gasteiger partial charge is 0.118 e. The van der Waals surface area contributed by atoms with E-state index in [0.717, 1.165) is 18.2 Å². The summed E-state index contributed by atoms with van der Waals surface area (Å²) in [5.74, 6) is 0.259. The Hall–Kier alpha value is -0.0500. The maximum atomic E-state index is 9.26. The van der Waals surface area contributed by atoms with Crippen LogP contribution in [0.3, 0.4) is 0 Å². The first-order chi connectivity index (χ1) is 5.68. The van der Waals surface area contributed by atoms with Gasteiger partial charge in [-0.15, -0.1) is 0 Å². The molecule has 0 unspecified atom stereocenters. The summed E-state index contributed by atoms with van der Waals surface area (Å²) in [6.45, 7) is 0. The average Bonchev–Trinajstić information content (AvgIpc) is 2.31. The molecule has 0 aliphatic heterocycles. The van der Waals surface area contributed by atoms with Crippen LogP contribution >= 0.6 is 45.2 Å². The third kappa shape index (κ3) is 1.28. The monoisotopic (exact) mass is 386 g/mol. The highest BCUT2D eigenvalue weighted by Crippen LogP contribution is 2.27. The Bertz CT molecular complexity index is 438. The van der Waals surface area contributed by atoms with Crippen LogP contribution in [0, 0.1) is 7.27 Å². The summed E-state index contributed by atoms with van der Waals surface area (Å²) < 4.78 is 2.02. The molecule has 0 spiro atoms. The van der Waals surface area contributed by atoms with Gasteiger partial charge >= 0.3 is 0 Å². The van der Waals surface area contributed by atoms with Gasteiger partial charge in [0.1, 0.15) is 9.45 Å². The molecule has 0 aliphatic rings. The molecule has 1 heterocycles. The van der Waals surface area contributed by atoms with Crippen molar-refractivity contribution in [3.05, 3.63) is 19.4 Å². The molecular weight excluding hydrogens is 382 g/mol. The van der Waals surface area contributed by atoms with Crippen molar-refractivity contribution < 1.29 is 5.11 Å². The van der Waals surface area contributed by atoms with E-state index in [4.69, 9.17) is 0 Å². The Kier molecular flexibility index (Phi) is 2.15. The van der Waals surface area contributed by atoms with E-state index < -0.39 is 0 Å². The van der Waals surface area contributed by atoms with Gasteiger partial charge in [0.05, 0.1) is 5.52 Å². The van der Waals surface area contributed by atoms with E-state index >= 15 is 0 Å². The van der Waals surface area contributed by atoms with E-state index in [-0.39, 0.29) is 5.75 Å². The summed E-state index contributed by atoms with van der Waals surface area (Å²) >= 11 is 4.37. The average molecular weight is 386 g/mol. The number of aromatic nitrogens is 2. The first-order valence-electron chi connectivity index (χ1n) is 3.20. The summed E-state index contributed by atoms with van der Waals surface area (Å²) in [7, 11) is 0. The standard InChI is InChI=1S/C7H4I2N2O/c8-4-1-3(12)2-5-6(4)7(9)11-10-5/h1-2,12H,(H,10,11). The second-order valence-electron chi connectivity index (χ2n) is 2.36. The lowest BCUT2D eigenvalue weighted by molar-refractivity contribution is 0.475. The molecule has 1 aromatic carbocycles. The minimum Gasteiger partial charge on any atom is -0.508 e. The van der Waals surface area contributed by atoms with Crippen molar-refractivity contribution in [2.75, 3.05) is 0 Å². The van der Waals surface area contributed by atoms with Crippen LogP contribution in [0.15, 0.2) is 12.1 Å². The number of benzene rings is 1. The zero-order chi connectivity index (χ0) is 8.72. The third-order valence-corrected chi connectivity index (χ3v) is 3.18. The fourth-order valence-corrected chi connectivity index (χ4v) is 3.12. The molecule has 0 atom stereocenters. The Morgan fingerprint density at radius 1 is 1.33 bits per heavy atom. The Balaban J connectivity index is 2.93. The molecule has 0 fully saturated rings. The molecule has 0 bridgehead atoms. The van der Waals surface area contributed by atoms with Gasteiger partial charge in [-0.1, -0.05) is 0 Å². The first-order valence-corrected chi connectivity index (χ1v) is 5.36. The van der Waals surface area contributed by atoms with E-state index in [0.29, 0.717) is 0 Å². The topological polar surface area (TPSA) is 48.9 Å². The van der Waals surface area contributed by atoms with Gasteiger partial charge in [0.25, 0.3) is 0 Å². The van der Waals surface area contributed by atoms with Gasteiger partial charge in [0.15, 0.2) is 0 Å². The molecular formula is C7H4I2N2O. The molecule has 1 aromatic heterocycles. The molecule has 5 heteroatoms. The molecule has 2 N–H and O–H groups in total. The van der Waals surface area contributed by atoms with Crippen molar-refractivity contribution >= 4 is 56.1 Å². The van der Waals surface area contributed by atoms with Crippen LogP contribution in [0.2, 0.25) is 0 Å². The number of aromatic amines is 1. The summed E-state index contributed by atoms with van der Waals surface area (Å²) in [5.41, 5.74) is 0.809. The lowest BCUT2D eigenvalue weighted by Gasteiger charge is -1.95. The van der Waals surface area contributed by atoms with Gasteiger partial charge in [-0.25, -0.2) is 0 Å². The highest BCUT2D eigenvalue weighted by atomic mass is 127. The number of hydrogen-bond acceptors (Lipinski definition) is 2. The van der Waals surface area contributed by atoms with E-state index in [1.807, 2.05) is 0 Å². The number of nitrogens with zero attached hydrogens (tertiary/aromatic N) is 1. The first kappa shape index (κ1) is 8.54. The van der Waals surface area contributed by atoms with Crippen LogP contribution in [-0.4, -0.2) is 15.3 Å². The van der Waals surface area contributed by atoms with Crippen molar-refractivity contribution in [3.63, 3.8) is 0 Å². The van der Waals surface area contributed by atoms with E-state index in [1.165, 1.54) is 0 Å². The second-order valence-corrected chi connectivity index (χ2v) is 4.60. The molecule has 0 saturated heterocycles. The van der Waals surface area contributed by atoms with Crippen molar-refractivity contribution in [3.8, 4) is 5.75 Å². The van der Waals surface area contributed by atoms with Crippen LogP contribution in [-0.2, 0) is 0 Å². The SMILES string of the molecule is Oc1cc(I)c2c(I)[nH]nc2c1. The molecule has 2 aromatic rings. The van der Waals surface area contributed by atoms with Crippen LogP contribution in [0.1, 0.15) is 0 Å². The number of rotatable bonds is 0. The number of phenolic OH excluding ortho intramolecular Hbond substituents is 1. The van der Waals surface area contributed by atoms with Gasteiger partial charge in [-0.2, -0.15) is 5.10 Å². The number of hydrogen-bond donors (Lipinski definition) is 2. The summed E-state index contributed by atoms with van der Waals surface area (Å²) in [6, 6.07) is 3.37. The zero-order valence-electron chi connectivity index (χ0n) is 5.81. The predicted molar refractivity (Wildman–Crippen MR) is 63.2 cm³/mol. The molecule has 0 amide bonds. The van der Waals surface area contributed by atoms with Crippen molar-refractivity contribution in [2.24, 2.45) is 0 Å². The van der Waals surface area contributed by atoms with Gasteiger partial charge in [0, 0.05) is 15.0 Å². The molecule has 0 radical (unpaired) electrons. The maximum Gasteiger partial charge on any atom is 0.118 e. The van der Waals surface area contributed by atoms with E-state index in [9.17, 15) is 5.11 Å². The number of halogens is 2. The minimum absolute atomic E-state index is 0.259. The molecule has 0 saturated carbocycles. The molecule has 3 nitrogen and oxygen atoms in total. The summed E-state index contributed by atoms with van der Waals surface area (Å²) in [6.07, 6.45) is 0. The van der Waals surface area contributed by atoms with Crippen LogP contribution < -0.4 is 0 Å². The van der Waals surface area contributed by atoms with E-state index in [1.54, 1.807) is 12.1 Å². The summed E-state index contributed by atoms with van der Waals surface area (Å²) in [5, 5.41) is 17.2. The van der Waals surface area contributed by atoms with Gasteiger partial charge < -0.3 is 5.11 Å². The molecule has 2 rings (SSSR count). The third-order valence-electron chi connectivity index (χ3n) is 1.55. The summed E-state index contributed by atoms with van der Waals surface area (Å²) in [4.78, 5) is 0. The highest BCUT2D eigenvalue weighted by molar-refractivity contribution is 14.1. The van der Waals surface area contributed by atoms with Gasteiger partial charge in [-0.05, 0) is 51.2 Å². The van der Waals surface area contributed by atoms with Crippen molar-refractivity contribution in [2.45, 2.75) is 0 Å². The quantitative estimate of drug-likeness (QED) is 0.684.